The highest BCUT2D eigenvalue weighted by Gasteiger charge is 2.42. The first-order valence-corrected chi connectivity index (χ1v) is 5.92. The Morgan fingerprint density at radius 3 is 2.05 bits per heavy atom. The van der Waals surface area contributed by atoms with Gasteiger partial charge in [0.1, 0.15) is 5.54 Å². The SMILES string of the molecule is CC1(Cc2cc([N+](=O)[O-])c(O)c([N+](=O)[O-])c2)NC(=O)NC1=O. The van der Waals surface area contributed by atoms with E-state index in [0.717, 1.165) is 12.1 Å². The van der Waals surface area contributed by atoms with Crippen LogP contribution in [0.25, 0.3) is 0 Å². The summed E-state index contributed by atoms with van der Waals surface area (Å²) in [6, 6.07) is 1.12. The second kappa shape index (κ2) is 4.95. The molecule has 1 aliphatic rings. The number of aromatic hydroxyl groups is 1. The van der Waals surface area contributed by atoms with Crippen LogP contribution in [0.5, 0.6) is 5.75 Å². The molecule has 2 rings (SSSR count). The zero-order valence-electron chi connectivity index (χ0n) is 11.2. The summed E-state index contributed by atoms with van der Waals surface area (Å²) < 4.78 is 0. The van der Waals surface area contributed by atoms with Crippen LogP contribution in [0.15, 0.2) is 12.1 Å². The van der Waals surface area contributed by atoms with E-state index in [2.05, 4.69) is 5.32 Å². The molecule has 1 aromatic rings. The number of nitrogens with one attached hydrogen (secondary N) is 2. The summed E-state index contributed by atoms with van der Waals surface area (Å²) >= 11 is 0. The number of imide groups is 1. The normalized spacial score (nSPS) is 20.4. The molecule has 0 radical (unpaired) electrons. The van der Waals surface area contributed by atoms with Gasteiger partial charge in [0.25, 0.3) is 11.7 Å². The van der Waals surface area contributed by atoms with Crippen LogP contribution in [0, 0.1) is 20.2 Å². The van der Waals surface area contributed by atoms with Gasteiger partial charge in [-0.05, 0) is 12.5 Å². The molecule has 3 amide bonds. The van der Waals surface area contributed by atoms with Crippen molar-refractivity contribution in [3.05, 3.63) is 37.9 Å². The Morgan fingerprint density at radius 1 is 1.18 bits per heavy atom. The van der Waals surface area contributed by atoms with Gasteiger partial charge in [0.05, 0.1) is 9.85 Å². The molecule has 1 aliphatic heterocycles. The quantitative estimate of drug-likeness (QED) is 0.410. The van der Waals surface area contributed by atoms with Crippen LogP contribution in [0.1, 0.15) is 12.5 Å². The van der Waals surface area contributed by atoms with Crippen LogP contribution in [0.3, 0.4) is 0 Å². The fourth-order valence-corrected chi connectivity index (χ4v) is 2.15. The summed E-state index contributed by atoms with van der Waals surface area (Å²) in [5, 5.41) is 35.6. The van der Waals surface area contributed by atoms with Gasteiger partial charge in [-0.15, -0.1) is 0 Å². The Bertz CT molecular complexity index is 681. The highest BCUT2D eigenvalue weighted by atomic mass is 16.6. The number of nitro benzene ring substituents is 2. The number of hydrogen-bond acceptors (Lipinski definition) is 7. The smallest absolute Gasteiger partial charge is 0.322 e. The Kier molecular flexibility index (Phi) is 3.41. The molecule has 1 unspecified atom stereocenters. The first-order valence-electron chi connectivity index (χ1n) is 5.92. The zero-order valence-corrected chi connectivity index (χ0v) is 11.2. The summed E-state index contributed by atoms with van der Waals surface area (Å²) in [5.74, 6) is -1.72. The van der Waals surface area contributed by atoms with Crippen molar-refractivity contribution in [2.45, 2.75) is 18.9 Å². The fraction of sp³-hybridized carbons (Fsp3) is 0.273. The second-order valence-corrected chi connectivity index (χ2v) is 4.91. The monoisotopic (exact) mass is 310 g/mol. The van der Waals surface area contributed by atoms with Crippen LogP contribution in [-0.2, 0) is 11.2 Å². The molecule has 116 valence electrons. The van der Waals surface area contributed by atoms with E-state index in [0.29, 0.717) is 0 Å². The molecule has 1 aromatic carbocycles. The number of nitro groups is 2. The number of amides is 3. The third-order valence-corrected chi connectivity index (χ3v) is 3.20. The van der Waals surface area contributed by atoms with Gasteiger partial charge < -0.3 is 10.4 Å². The lowest BCUT2D eigenvalue weighted by atomic mass is 9.92. The maximum atomic E-state index is 11.7. The molecular weight excluding hydrogens is 300 g/mol. The Balaban J connectivity index is 2.48. The number of nitrogens with zero attached hydrogens (tertiary/aromatic N) is 2. The Morgan fingerprint density at radius 2 is 1.68 bits per heavy atom. The van der Waals surface area contributed by atoms with Gasteiger partial charge >= 0.3 is 17.4 Å². The van der Waals surface area contributed by atoms with Crippen molar-refractivity contribution in [3.63, 3.8) is 0 Å². The second-order valence-electron chi connectivity index (χ2n) is 4.91. The highest BCUT2D eigenvalue weighted by Crippen LogP contribution is 2.37. The minimum absolute atomic E-state index is 0.0519. The minimum atomic E-state index is -1.39. The minimum Gasteiger partial charge on any atom is -0.497 e. The third kappa shape index (κ3) is 2.51. The van der Waals surface area contributed by atoms with Gasteiger partial charge in [0.15, 0.2) is 0 Å². The maximum Gasteiger partial charge on any atom is 0.322 e. The van der Waals surface area contributed by atoms with E-state index in [4.69, 9.17) is 0 Å². The average molecular weight is 310 g/mol. The predicted molar refractivity (Wildman–Crippen MR) is 70.2 cm³/mol. The van der Waals surface area contributed by atoms with Crippen molar-refractivity contribution in [1.29, 1.82) is 0 Å². The van der Waals surface area contributed by atoms with Crippen molar-refractivity contribution in [1.82, 2.24) is 10.6 Å². The molecule has 1 fully saturated rings. The standard InChI is InChI=1S/C11H10N4O7/c1-11(9(17)12-10(18)13-11)4-5-2-6(14(19)20)8(16)7(3-5)15(21)22/h2-3,16H,4H2,1H3,(H2,12,13,17,18). The lowest BCUT2D eigenvalue weighted by Gasteiger charge is -2.20. The third-order valence-electron chi connectivity index (χ3n) is 3.20. The van der Waals surface area contributed by atoms with E-state index in [9.17, 15) is 34.9 Å². The first-order chi connectivity index (χ1) is 10.1. The largest absolute Gasteiger partial charge is 0.497 e. The summed E-state index contributed by atoms with van der Waals surface area (Å²) in [7, 11) is 0. The first kappa shape index (κ1) is 15.2. The predicted octanol–water partition coefficient (Wildman–Crippen LogP) is 0.349. The van der Waals surface area contributed by atoms with Gasteiger partial charge in [-0.2, -0.15) is 0 Å². The molecule has 1 heterocycles. The van der Waals surface area contributed by atoms with Crippen LogP contribution >= 0.6 is 0 Å². The van der Waals surface area contributed by atoms with Gasteiger partial charge in [0, 0.05) is 18.6 Å². The number of carbonyl (C=O) groups is 2. The number of urea groups is 1. The Hall–Kier alpha value is -3.24. The molecule has 11 nitrogen and oxygen atoms in total. The number of phenols is 1. The van der Waals surface area contributed by atoms with Gasteiger partial charge in [0.2, 0.25) is 0 Å². The Labute approximate surface area is 122 Å². The van der Waals surface area contributed by atoms with Crippen molar-refractivity contribution < 1.29 is 24.5 Å². The van der Waals surface area contributed by atoms with Crippen molar-refractivity contribution in [2.75, 3.05) is 0 Å². The molecule has 11 heteroatoms. The van der Waals surface area contributed by atoms with Crippen LogP contribution < -0.4 is 10.6 Å². The molecule has 1 saturated heterocycles. The summed E-state index contributed by atoms with van der Waals surface area (Å²) in [6.45, 7) is 1.37. The molecule has 0 aliphatic carbocycles. The highest BCUT2D eigenvalue weighted by molar-refractivity contribution is 6.06. The van der Waals surface area contributed by atoms with Crippen LogP contribution in [0.2, 0.25) is 0 Å². The maximum absolute atomic E-state index is 11.7. The molecule has 3 N–H and O–H groups in total. The van der Waals surface area contributed by atoms with Crippen LogP contribution in [-0.4, -0.2) is 32.4 Å². The van der Waals surface area contributed by atoms with Gasteiger partial charge in [-0.3, -0.25) is 30.3 Å². The van der Waals surface area contributed by atoms with Crippen molar-refractivity contribution in [3.8, 4) is 5.75 Å². The van der Waals surface area contributed by atoms with Gasteiger partial charge in [-0.1, -0.05) is 0 Å². The zero-order chi connectivity index (χ0) is 16.7. The lowest BCUT2D eigenvalue weighted by molar-refractivity contribution is -0.396. The van der Waals surface area contributed by atoms with E-state index in [-0.39, 0.29) is 12.0 Å². The molecular formula is C11H10N4O7. The van der Waals surface area contributed by atoms with E-state index >= 15 is 0 Å². The number of carbonyl (C=O) groups excluding carboxylic acids is 2. The number of benzene rings is 1. The molecule has 22 heavy (non-hydrogen) atoms. The average Bonchev–Trinajstić information content (AvgIpc) is 2.63. The fourth-order valence-electron chi connectivity index (χ4n) is 2.15. The number of rotatable bonds is 4. The molecule has 0 bridgehead atoms. The molecule has 0 saturated carbocycles. The van der Waals surface area contributed by atoms with E-state index < -0.39 is 44.4 Å². The van der Waals surface area contributed by atoms with E-state index in [1.54, 1.807) is 0 Å². The van der Waals surface area contributed by atoms with E-state index in [1.165, 1.54) is 6.92 Å². The number of hydrogen-bond donors (Lipinski definition) is 3. The van der Waals surface area contributed by atoms with Crippen molar-refractivity contribution in [2.24, 2.45) is 0 Å². The van der Waals surface area contributed by atoms with Crippen molar-refractivity contribution >= 4 is 23.3 Å². The van der Waals surface area contributed by atoms with E-state index in [1.807, 2.05) is 5.32 Å². The van der Waals surface area contributed by atoms with Crippen LogP contribution in [0.4, 0.5) is 16.2 Å². The summed E-state index contributed by atoms with van der Waals surface area (Å²) in [6.07, 6.45) is -0.216. The van der Waals surface area contributed by atoms with Gasteiger partial charge in [-0.25, -0.2) is 4.79 Å². The topological polar surface area (TPSA) is 165 Å². The molecule has 1 atom stereocenters. The summed E-state index contributed by atoms with van der Waals surface area (Å²) in [5.41, 5.74) is -3.04. The molecule has 0 aromatic heterocycles. The number of phenolic OH excluding ortho intramolecular Hbond substituents is 1. The molecule has 0 spiro atoms. The lowest BCUT2D eigenvalue weighted by Crippen LogP contribution is -2.45. The summed E-state index contributed by atoms with van der Waals surface area (Å²) in [4.78, 5) is 42.6.